The van der Waals surface area contributed by atoms with Crippen molar-refractivity contribution in [3.63, 3.8) is 0 Å². The molecule has 9 heteroatoms. The lowest BCUT2D eigenvalue weighted by Gasteiger charge is -2.14. The predicted octanol–water partition coefficient (Wildman–Crippen LogP) is 4.88. The predicted molar refractivity (Wildman–Crippen MR) is 91.9 cm³/mol. The van der Waals surface area contributed by atoms with Crippen LogP contribution in [0.4, 0.5) is 18.9 Å². The molecule has 4 nitrogen and oxygen atoms in total. The van der Waals surface area contributed by atoms with Crippen LogP contribution in [0.15, 0.2) is 29.3 Å². The Bertz CT molecular complexity index is 778. The molecule has 0 bridgehead atoms. The largest absolute Gasteiger partial charge is 0.416 e. The van der Waals surface area contributed by atoms with Crippen LogP contribution in [0.2, 0.25) is 5.02 Å². The van der Waals surface area contributed by atoms with E-state index in [4.69, 9.17) is 11.6 Å². The summed E-state index contributed by atoms with van der Waals surface area (Å²) in [7, 11) is 0. The first-order valence-corrected chi connectivity index (χ1v) is 8.48. The molecule has 0 unspecified atom stereocenters. The molecule has 1 heterocycles. The van der Waals surface area contributed by atoms with Gasteiger partial charge in [0.15, 0.2) is 0 Å². The van der Waals surface area contributed by atoms with E-state index in [1.54, 1.807) is 19.9 Å². The first kappa shape index (κ1) is 19.5. The first-order chi connectivity index (χ1) is 11.6. The average molecular weight is 390 g/mol. The van der Waals surface area contributed by atoms with Gasteiger partial charge in [-0.1, -0.05) is 23.4 Å². The number of benzene rings is 1. The average Bonchev–Trinajstić information content (AvgIpc) is 2.47. The SMILES string of the molecule is Cc1cc(S[C@H](C)C(=O)Nc2cc(C(F)(F)F)ccc2Cl)nc(C)n1. The van der Waals surface area contributed by atoms with Crippen molar-refractivity contribution in [1.29, 1.82) is 0 Å². The molecule has 2 aromatic rings. The van der Waals surface area contributed by atoms with Crippen LogP contribution in [0.5, 0.6) is 0 Å². The minimum Gasteiger partial charge on any atom is -0.324 e. The van der Waals surface area contributed by atoms with E-state index in [9.17, 15) is 18.0 Å². The smallest absolute Gasteiger partial charge is 0.324 e. The molecule has 1 aromatic carbocycles. The number of aromatic nitrogens is 2. The monoisotopic (exact) mass is 389 g/mol. The molecule has 1 amide bonds. The molecule has 0 fully saturated rings. The summed E-state index contributed by atoms with van der Waals surface area (Å²) in [5, 5.41) is 2.50. The summed E-state index contributed by atoms with van der Waals surface area (Å²) in [6.45, 7) is 5.18. The molecule has 0 aliphatic rings. The Morgan fingerprint density at radius 3 is 2.52 bits per heavy atom. The van der Waals surface area contributed by atoms with Gasteiger partial charge >= 0.3 is 6.18 Å². The number of nitrogens with zero attached hydrogens (tertiary/aromatic N) is 2. The van der Waals surface area contributed by atoms with Crippen molar-refractivity contribution >= 4 is 35.0 Å². The number of hydrogen-bond donors (Lipinski definition) is 1. The number of carbonyl (C=O) groups is 1. The molecule has 0 aliphatic heterocycles. The molecule has 0 saturated heterocycles. The minimum absolute atomic E-state index is 0.0345. The summed E-state index contributed by atoms with van der Waals surface area (Å²) in [6, 6.07) is 4.52. The van der Waals surface area contributed by atoms with Crippen molar-refractivity contribution < 1.29 is 18.0 Å². The maximum Gasteiger partial charge on any atom is 0.416 e. The van der Waals surface area contributed by atoms with Gasteiger partial charge in [0.1, 0.15) is 10.9 Å². The molecule has 2 rings (SSSR count). The lowest BCUT2D eigenvalue weighted by Crippen LogP contribution is -2.23. The third kappa shape index (κ3) is 5.34. The van der Waals surface area contributed by atoms with Crippen LogP contribution in [0, 0.1) is 13.8 Å². The second-order valence-corrected chi connectivity index (χ2v) is 7.10. The number of nitrogens with one attached hydrogen (secondary N) is 1. The van der Waals surface area contributed by atoms with E-state index in [1.807, 2.05) is 6.92 Å². The summed E-state index contributed by atoms with van der Waals surface area (Å²) in [4.78, 5) is 20.7. The molecular formula is C16H15ClF3N3OS. The molecule has 25 heavy (non-hydrogen) atoms. The Hall–Kier alpha value is -1.80. The molecule has 0 saturated carbocycles. The van der Waals surface area contributed by atoms with Crippen molar-refractivity contribution in [2.24, 2.45) is 0 Å². The molecule has 1 atom stereocenters. The standard InChI is InChI=1S/C16H15ClF3N3OS/c1-8-6-14(22-10(3)21-8)25-9(2)15(24)23-13-7-11(16(18,19)20)4-5-12(13)17/h4-7,9H,1-3H3,(H,23,24)/t9-/m1/s1. The van der Waals surface area contributed by atoms with Crippen molar-refractivity contribution in [1.82, 2.24) is 9.97 Å². The molecule has 0 radical (unpaired) electrons. The summed E-state index contributed by atoms with van der Waals surface area (Å²) in [5.41, 5.74) is -0.193. The number of thioether (sulfide) groups is 1. The van der Waals surface area contributed by atoms with Gasteiger partial charge < -0.3 is 5.32 Å². The topological polar surface area (TPSA) is 54.9 Å². The van der Waals surface area contributed by atoms with Crippen LogP contribution in [-0.4, -0.2) is 21.1 Å². The van der Waals surface area contributed by atoms with E-state index in [0.717, 1.165) is 23.9 Å². The van der Waals surface area contributed by atoms with Gasteiger partial charge in [-0.25, -0.2) is 9.97 Å². The van der Waals surface area contributed by atoms with E-state index < -0.39 is 22.9 Å². The maximum absolute atomic E-state index is 12.8. The van der Waals surface area contributed by atoms with Crippen molar-refractivity contribution in [2.75, 3.05) is 5.32 Å². The number of carbonyl (C=O) groups excluding carboxylic acids is 1. The summed E-state index contributed by atoms with van der Waals surface area (Å²) < 4.78 is 38.4. The summed E-state index contributed by atoms with van der Waals surface area (Å²) in [6.07, 6.45) is -4.51. The van der Waals surface area contributed by atoms with Crippen LogP contribution in [-0.2, 0) is 11.0 Å². The van der Waals surface area contributed by atoms with Gasteiger partial charge in [0, 0.05) is 5.69 Å². The van der Waals surface area contributed by atoms with Gasteiger partial charge in [-0.3, -0.25) is 4.79 Å². The van der Waals surface area contributed by atoms with Gasteiger partial charge in [0.05, 0.1) is 21.5 Å². The lowest BCUT2D eigenvalue weighted by molar-refractivity contribution is -0.137. The van der Waals surface area contributed by atoms with Gasteiger partial charge in [0.2, 0.25) is 5.91 Å². The van der Waals surface area contributed by atoms with Crippen LogP contribution in [0.1, 0.15) is 24.0 Å². The zero-order chi connectivity index (χ0) is 18.8. The second-order valence-electron chi connectivity index (χ2n) is 5.34. The Balaban J connectivity index is 2.13. The molecule has 134 valence electrons. The summed E-state index contributed by atoms with van der Waals surface area (Å²) in [5.74, 6) is 0.108. The third-order valence-corrected chi connectivity index (χ3v) is 4.51. The fourth-order valence-corrected chi connectivity index (χ4v) is 3.13. The van der Waals surface area contributed by atoms with Crippen LogP contribution in [0.25, 0.3) is 0 Å². The Kier molecular flexibility index (Phi) is 5.95. The van der Waals surface area contributed by atoms with E-state index >= 15 is 0 Å². The first-order valence-electron chi connectivity index (χ1n) is 7.23. The highest BCUT2D eigenvalue weighted by Crippen LogP contribution is 2.34. The van der Waals surface area contributed by atoms with Crippen molar-refractivity contribution in [2.45, 2.75) is 37.2 Å². The van der Waals surface area contributed by atoms with Crippen LogP contribution >= 0.6 is 23.4 Å². The van der Waals surface area contributed by atoms with Gasteiger partial charge in [-0.2, -0.15) is 13.2 Å². The number of hydrogen-bond acceptors (Lipinski definition) is 4. The van der Waals surface area contributed by atoms with E-state index in [-0.39, 0.29) is 10.7 Å². The third-order valence-electron chi connectivity index (χ3n) is 3.16. The highest BCUT2D eigenvalue weighted by molar-refractivity contribution is 8.00. The number of halogens is 4. The number of aryl methyl sites for hydroxylation is 2. The van der Waals surface area contributed by atoms with E-state index in [0.29, 0.717) is 10.9 Å². The van der Waals surface area contributed by atoms with E-state index in [1.165, 1.54) is 11.8 Å². The Labute approximate surface area is 152 Å². The van der Waals surface area contributed by atoms with Gasteiger partial charge in [-0.05, 0) is 45.0 Å². The fourth-order valence-electron chi connectivity index (χ4n) is 2.01. The molecule has 0 aliphatic carbocycles. The number of rotatable bonds is 4. The molecule has 0 spiro atoms. The zero-order valence-electron chi connectivity index (χ0n) is 13.6. The Morgan fingerprint density at radius 2 is 1.92 bits per heavy atom. The molecular weight excluding hydrogens is 375 g/mol. The molecule has 1 N–H and O–H groups in total. The van der Waals surface area contributed by atoms with Gasteiger partial charge in [0.25, 0.3) is 0 Å². The number of anilines is 1. The normalized spacial score (nSPS) is 12.8. The zero-order valence-corrected chi connectivity index (χ0v) is 15.2. The van der Waals surface area contributed by atoms with Crippen molar-refractivity contribution in [3.8, 4) is 0 Å². The van der Waals surface area contributed by atoms with Gasteiger partial charge in [-0.15, -0.1) is 0 Å². The highest BCUT2D eigenvalue weighted by atomic mass is 35.5. The highest BCUT2D eigenvalue weighted by Gasteiger charge is 2.31. The second kappa shape index (κ2) is 7.61. The Morgan fingerprint density at radius 1 is 1.24 bits per heavy atom. The maximum atomic E-state index is 12.8. The van der Waals surface area contributed by atoms with Crippen molar-refractivity contribution in [3.05, 3.63) is 46.4 Å². The number of amides is 1. The quantitative estimate of drug-likeness (QED) is 0.597. The summed E-state index contributed by atoms with van der Waals surface area (Å²) >= 11 is 7.07. The molecule has 1 aromatic heterocycles. The minimum atomic E-state index is -4.51. The lowest BCUT2D eigenvalue weighted by atomic mass is 10.2. The number of alkyl halides is 3. The van der Waals surface area contributed by atoms with Crippen LogP contribution in [0.3, 0.4) is 0 Å². The fraction of sp³-hybridized carbons (Fsp3) is 0.312. The van der Waals surface area contributed by atoms with E-state index in [2.05, 4.69) is 15.3 Å². The van der Waals surface area contributed by atoms with Crippen LogP contribution < -0.4 is 5.32 Å².